The van der Waals surface area contributed by atoms with Crippen LogP contribution in [0.25, 0.3) is 11.0 Å². The highest BCUT2D eigenvalue weighted by molar-refractivity contribution is 5.77. The molecule has 0 spiro atoms. The first-order valence-corrected chi connectivity index (χ1v) is 6.31. The molecule has 0 unspecified atom stereocenters. The largest absolute Gasteiger partial charge is 0.346 e. The average molecular weight is 242 g/mol. The summed E-state index contributed by atoms with van der Waals surface area (Å²) in [7, 11) is 0. The van der Waals surface area contributed by atoms with Crippen LogP contribution < -0.4 is 0 Å². The molecule has 2 aromatic rings. The maximum Gasteiger partial charge on any atom is 0.140 e. The number of hydrogen-bond donors (Lipinski definition) is 1. The van der Waals surface area contributed by atoms with E-state index >= 15 is 0 Å². The van der Waals surface area contributed by atoms with E-state index in [9.17, 15) is 0 Å². The molecule has 18 heavy (non-hydrogen) atoms. The highest BCUT2D eigenvalue weighted by atomic mass is 14.9. The lowest BCUT2D eigenvalue weighted by Crippen LogP contribution is -2.07. The van der Waals surface area contributed by atoms with Crippen molar-refractivity contribution in [3.05, 3.63) is 24.3 Å². The van der Waals surface area contributed by atoms with Crippen LogP contribution in [-0.2, 0) is 6.42 Å². The van der Waals surface area contributed by atoms with Crippen molar-refractivity contribution < 1.29 is 0 Å². The van der Waals surface area contributed by atoms with Crippen molar-refractivity contribution in [1.29, 1.82) is 5.26 Å². The maximum atomic E-state index is 8.95. The highest BCUT2D eigenvalue weighted by Gasteiger charge is 2.15. The fraction of sp³-hybridized carbons (Fsp3) is 0.500. The topological polar surface area (TPSA) is 65.4 Å². The van der Waals surface area contributed by atoms with Gasteiger partial charge in [0.15, 0.2) is 0 Å². The number of fused-ring (bicyclic) bond motifs is 1. The van der Waals surface area contributed by atoms with Crippen molar-refractivity contribution in [3.63, 3.8) is 0 Å². The van der Waals surface area contributed by atoms with Crippen LogP contribution in [0.1, 0.15) is 38.8 Å². The summed E-state index contributed by atoms with van der Waals surface area (Å²) in [6.07, 6.45) is 7.48. The van der Waals surface area contributed by atoms with Gasteiger partial charge in [-0.2, -0.15) is 5.26 Å². The molecular formula is C14H18N4. The second kappa shape index (κ2) is 5.18. The lowest BCUT2D eigenvalue weighted by molar-refractivity contribution is 0.426. The lowest BCUT2D eigenvalue weighted by atomic mass is 9.88. The van der Waals surface area contributed by atoms with Gasteiger partial charge >= 0.3 is 0 Å². The summed E-state index contributed by atoms with van der Waals surface area (Å²) in [5, 5.41) is 10.1. The molecular weight excluding hydrogens is 224 g/mol. The van der Waals surface area contributed by atoms with Gasteiger partial charge in [-0.05, 0) is 39.2 Å². The zero-order chi connectivity index (χ0) is 13.0. The first kappa shape index (κ1) is 12.6. The quantitative estimate of drug-likeness (QED) is 0.819. The van der Waals surface area contributed by atoms with Gasteiger partial charge in [0.05, 0.1) is 17.2 Å². The Bertz CT molecular complexity index is 562. The smallest absolute Gasteiger partial charge is 0.140 e. The minimum atomic E-state index is -0.213. The Morgan fingerprint density at radius 3 is 2.94 bits per heavy atom. The minimum absolute atomic E-state index is 0.213. The third kappa shape index (κ3) is 2.86. The molecule has 2 rings (SSSR count). The normalized spacial score (nSPS) is 11.6. The molecule has 2 heterocycles. The summed E-state index contributed by atoms with van der Waals surface area (Å²) >= 11 is 0. The number of aromatic amines is 1. The molecule has 0 aromatic carbocycles. The summed E-state index contributed by atoms with van der Waals surface area (Å²) in [4.78, 5) is 11.6. The van der Waals surface area contributed by atoms with Crippen molar-refractivity contribution in [2.24, 2.45) is 5.41 Å². The van der Waals surface area contributed by atoms with Crippen LogP contribution in [0.3, 0.4) is 0 Å². The van der Waals surface area contributed by atoms with Gasteiger partial charge < -0.3 is 4.98 Å². The van der Waals surface area contributed by atoms with Gasteiger partial charge in [-0.3, -0.25) is 0 Å². The number of unbranched alkanes of at least 4 members (excludes halogenated alkanes) is 1. The van der Waals surface area contributed by atoms with E-state index in [0.29, 0.717) is 0 Å². The monoisotopic (exact) mass is 242 g/mol. The second-order valence-electron chi connectivity index (χ2n) is 5.26. The van der Waals surface area contributed by atoms with Crippen LogP contribution in [-0.4, -0.2) is 15.0 Å². The first-order valence-electron chi connectivity index (χ1n) is 6.31. The van der Waals surface area contributed by atoms with Crippen molar-refractivity contribution in [2.75, 3.05) is 0 Å². The van der Waals surface area contributed by atoms with E-state index in [-0.39, 0.29) is 5.41 Å². The van der Waals surface area contributed by atoms with Gasteiger partial charge in [-0.1, -0.05) is 6.42 Å². The Morgan fingerprint density at radius 2 is 2.17 bits per heavy atom. The second-order valence-corrected chi connectivity index (χ2v) is 5.26. The Hall–Kier alpha value is -1.89. The van der Waals surface area contributed by atoms with E-state index in [1.807, 2.05) is 26.1 Å². The van der Waals surface area contributed by atoms with Crippen LogP contribution in [0.5, 0.6) is 0 Å². The van der Waals surface area contributed by atoms with Crippen LogP contribution in [0, 0.1) is 16.7 Å². The number of nitriles is 1. The van der Waals surface area contributed by atoms with Gasteiger partial charge in [0, 0.05) is 11.6 Å². The number of H-pyrrole nitrogens is 1. The number of rotatable bonds is 5. The molecule has 4 heteroatoms. The summed E-state index contributed by atoms with van der Waals surface area (Å²) < 4.78 is 0. The molecule has 0 aliphatic heterocycles. The molecule has 0 saturated heterocycles. The van der Waals surface area contributed by atoms with Crippen molar-refractivity contribution in [3.8, 4) is 6.07 Å². The maximum absolute atomic E-state index is 8.95. The Balaban J connectivity index is 1.91. The SMILES string of the molecule is CC(C)(C#N)CCCCc1ncnc2[nH]ccc12. The first-order chi connectivity index (χ1) is 8.62. The van der Waals surface area contributed by atoms with Gasteiger partial charge in [-0.25, -0.2) is 9.97 Å². The van der Waals surface area contributed by atoms with E-state index in [1.54, 1.807) is 6.33 Å². The zero-order valence-corrected chi connectivity index (χ0v) is 10.9. The summed E-state index contributed by atoms with van der Waals surface area (Å²) in [6.45, 7) is 3.98. The molecule has 4 nitrogen and oxygen atoms in total. The van der Waals surface area contributed by atoms with Crippen LogP contribution >= 0.6 is 0 Å². The summed E-state index contributed by atoms with van der Waals surface area (Å²) in [5.41, 5.74) is 1.78. The van der Waals surface area contributed by atoms with E-state index in [4.69, 9.17) is 5.26 Å². The van der Waals surface area contributed by atoms with E-state index in [2.05, 4.69) is 21.0 Å². The predicted molar refractivity (Wildman–Crippen MR) is 70.8 cm³/mol. The van der Waals surface area contributed by atoms with Crippen LogP contribution in [0.4, 0.5) is 0 Å². The Morgan fingerprint density at radius 1 is 1.33 bits per heavy atom. The molecule has 0 aliphatic carbocycles. The number of aromatic nitrogens is 3. The van der Waals surface area contributed by atoms with E-state index in [0.717, 1.165) is 42.4 Å². The Kier molecular flexibility index (Phi) is 3.61. The number of hydrogen-bond acceptors (Lipinski definition) is 3. The van der Waals surface area contributed by atoms with E-state index < -0.39 is 0 Å². The van der Waals surface area contributed by atoms with Gasteiger partial charge in [0.1, 0.15) is 12.0 Å². The number of nitrogens with one attached hydrogen (secondary N) is 1. The molecule has 0 fully saturated rings. The molecule has 1 N–H and O–H groups in total. The third-order valence-corrected chi connectivity index (χ3v) is 3.20. The fourth-order valence-corrected chi connectivity index (χ4v) is 2.04. The standard InChI is InChI=1S/C14H18N4/c1-14(2,9-15)7-4-3-5-12-11-6-8-16-13(11)18-10-17-12/h6,8,10H,3-5,7H2,1-2H3,(H,16,17,18). The molecule has 0 aliphatic rings. The predicted octanol–water partition coefficient (Wildman–Crippen LogP) is 3.22. The zero-order valence-electron chi connectivity index (χ0n) is 10.9. The van der Waals surface area contributed by atoms with Crippen molar-refractivity contribution in [2.45, 2.75) is 39.5 Å². The van der Waals surface area contributed by atoms with Gasteiger partial charge in [0.25, 0.3) is 0 Å². The highest BCUT2D eigenvalue weighted by Crippen LogP contribution is 2.23. The van der Waals surface area contributed by atoms with Crippen LogP contribution in [0.2, 0.25) is 0 Å². The van der Waals surface area contributed by atoms with Gasteiger partial charge in [0.2, 0.25) is 0 Å². The van der Waals surface area contributed by atoms with Crippen LogP contribution in [0.15, 0.2) is 18.6 Å². The molecule has 0 radical (unpaired) electrons. The molecule has 0 amide bonds. The van der Waals surface area contributed by atoms with E-state index in [1.165, 1.54) is 0 Å². The van der Waals surface area contributed by atoms with Crippen molar-refractivity contribution in [1.82, 2.24) is 15.0 Å². The Labute approximate surface area is 107 Å². The average Bonchev–Trinajstić information content (AvgIpc) is 2.83. The molecule has 2 aromatic heterocycles. The number of aryl methyl sites for hydroxylation is 1. The molecule has 0 saturated carbocycles. The molecule has 0 bridgehead atoms. The summed E-state index contributed by atoms with van der Waals surface area (Å²) in [5.74, 6) is 0. The molecule has 0 atom stereocenters. The lowest BCUT2D eigenvalue weighted by Gasteiger charge is -2.14. The fourth-order valence-electron chi connectivity index (χ4n) is 2.04. The molecule has 94 valence electrons. The van der Waals surface area contributed by atoms with Gasteiger partial charge in [-0.15, -0.1) is 0 Å². The minimum Gasteiger partial charge on any atom is -0.346 e. The third-order valence-electron chi connectivity index (χ3n) is 3.20. The summed E-state index contributed by atoms with van der Waals surface area (Å²) in [6, 6.07) is 4.35. The van der Waals surface area contributed by atoms with Crippen molar-refractivity contribution >= 4 is 11.0 Å². The number of nitrogens with zero attached hydrogens (tertiary/aromatic N) is 3.